The number of aromatic nitrogens is 6. The van der Waals surface area contributed by atoms with Crippen LogP contribution in [-0.2, 0) is 0 Å². The number of benzene rings is 1. The molecule has 4 N–H and O–H groups in total. The molecule has 5 heterocycles. The van der Waals surface area contributed by atoms with E-state index in [1.807, 2.05) is 43.3 Å². The number of H-pyrrole nitrogens is 2. The second-order valence-electron chi connectivity index (χ2n) is 8.40. The van der Waals surface area contributed by atoms with Gasteiger partial charge in [-0.1, -0.05) is 25.5 Å². The van der Waals surface area contributed by atoms with Crippen molar-refractivity contribution in [3.8, 4) is 33.9 Å². The van der Waals surface area contributed by atoms with Crippen LogP contribution >= 0.6 is 0 Å². The highest BCUT2D eigenvalue weighted by Crippen LogP contribution is 2.32. The number of para-hydroxylation sites is 1. The number of furan rings is 1. The van der Waals surface area contributed by atoms with Gasteiger partial charge in [0, 0.05) is 28.3 Å². The van der Waals surface area contributed by atoms with Crippen LogP contribution in [0, 0.1) is 0 Å². The lowest BCUT2D eigenvalue weighted by Crippen LogP contribution is -2.18. The van der Waals surface area contributed by atoms with E-state index in [1.165, 1.54) is 0 Å². The van der Waals surface area contributed by atoms with Crippen molar-refractivity contribution < 1.29 is 9.52 Å². The fourth-order valence-electron chi connectivity index (χ4n) is 4.25. The Hall–Kier alpha value is -4.50. The standard InChI is InChI=1S/C26H23N7O2/c1-2-4-23(34)29-17-9-16(11-27-12-17)21-10-19-22(13-28-21)32-33-25(19)26-30-20-6-3-5-18(24(20)31-26)15-7-8-35-14-15/h3,5-14,23,29,34H,2,4H2,1H3,(H,30,31)(H,32,33). The first kappa shape index (κ1) is 21.1. The molecular formula is C26H23N7O2. The van der Waals surface area contributed by atoms with Crippen molar-refractivity contribution in [3.63, 3.8) is 0 Å². The maximum atomic E-state index is 10.1. The molecule has 9 heteroatoms. The molecule has 0 fully saturated rings. The van der Waals surface area contributed by atoms with E-state index in [1.54, 1.807) is 31.1 Å². The minimum atomic E-state index is -0.618. The van der Waals surface area contributed by atoms with Crippen molar-refractivity contribution >= 4 is 27.6 Å². The zero-order chi connectivity index (χ0) is 23.8. The van der Waals surface area contributed by atoms with Crippen LogP contribution in [0.25, 0.3) is 55.8 Å². The molecule has 0 radical (unpaired) electrons. The van der Waals surface area contributed by atoms with Crippen molar-refractivity contribution in [2.24, 2.45) is 0 Å². The Morgan fingerprint density at radius 2 is 2.03 bits per heavy atom. The summed E-state index contributed by atoms with van der Waals surface area (Å²) < 4.78 is 5.27. The van der Waals surface area contributed by atoms with E-state index in [2.05, 4.69) is 30.5 Å². The Balaban J connectivity index is 1.40. The van der Waals surface area contributed by atoms with Gasteiger partial charge in [-0.2, -0.15) is 5.10 Å². The number of fused-ring (bicyclic) bond motifs is 2. The first-order chi connectivity index (χ1) is 17.2. The fourth-order valence-corrected chi connectivity index (χ4v) is 4.25. The minimum absolute atomic E-state index is 0.618. The third kappa shape index (κ3) is 3.91. The van der Waals surface area contributed by atoms with Gasteiger partial charge in [-0.05, 0) is 30.7 Å². The fraction of sp³-hybridized carbons (Fsp3) is 0.154. The van der Waals surface area contributed by atoms with Crippen molar-refractivity contribution in [1.29, 1.82) is 0 Å². The molecule has 0 aliphatic heterocycles. The maximum absolute atomic E-state index is 10.1. The number of imidazole rings is 1. The van der Waals surface area contributed by atoms with Gasteiger partial charge >= 0.3 is 0 Å². The molecule has 0 saturated heterocycles. The van der Waals surface area contributed by atoms with Crippen LogP contribution < -0.4 is 5.32 Å². The molecule has 5 aromatic heterocycles. The van der Waals surface area contributed by atoms with E-state index in [0.717, 1.165) is 56.4 Å². The van der Waals surface area contributed by atoms with Gasteiger partial charge in [0.1, 0.15) is 11.9 Å². The number of hydrogen-bond acceptors (Lipinski definition) is 7. The maximum Gasteiger partial charge on any atom is 0.159 e. The lowest BCUT2D eigenvalue weighted by atomic mass is 10.1. The molecule has 0 aliphatic carbocycles. The molecule has 35 heavy (non-hydrogen) atoms. The van der Waals surface area contributed by atoms with E-state index in [9.17, 15) is 5.11 Å². The van der Waals surface area contributed by atoms with Gasteiger partial charge in [-0.15, -0.1) is 0 Å². The number of aromatic amines is 2. The second-order valence-corrected chi connectivity index (χ2v) is 8.40. The van der Waals surface area contributed by atoms with Gasteiger partial charge in [0.15, 0.2) is 5.82 Å². The summed E-state index contributed by atoms with van der Waals surface area (Å²) in [6, 6.07) is 11.8. The van der Waals surface area contributed by atoms with Crippen molar-refractivity contribution in [1.82, 2.24) is 30.1 Å². The summed E-state index contributed by atoms with van der Waals surface area (Å²) in [5, 5.41) is 21.7. The van der Waals surface area contributed by atoms with Crippen LogP contribution in [-0.4, -0.2) is 41.5 Å². The number of anilines is 1. The molecule has 1 unspecified atom stereocenters. The molecule has 6 rings (SSSR count). The zero-order valence-electron chi connectivity index (χ0n) is 19.0. The highest BCUT2D eigenvalue weighted by atomic mass is 16.3. The van der Waals surface area contributed by atoms with Crippen molar-refractivity contribution in [3.05, 3.63) is 67.5 Å². The second kappa shape index (κ2) is 8.69. The smallest absolute Gasteiger partial charge is 0.159 e. The summed E-state index contributed by atoms with van der Waals surface area (Å²) in [4.78, 5) is 17.2. The highest BCUT2D eigenvalue weighted by Gasteiger charge is 2.16. The van der Waals surface area contributed by atoms with Gasteiger partial charge < -0.3 is 19.8 Å². The number of aliphatic hydroxyl groups is 1. The van der Waals surface area contributed by atoms with Crippen LogP contribution in [0.15, 0.2) is 71.9 Å². The van der Waals surface area contributed by atoms with Gasteiger partial charge in [-0.3, -0.25) is 15.1 Å². The lowest BCUT2D eigenvalue weighted by Gasteiger charge is -2.13. The predicted octanol–water partition coefficient (Wildman–Crippen LogP) is 5.35. The summed E-state index contributed by atoms with van der Waals surface area (Å²) >= 11 is 0. The summed E-state index contributed by atoms with van der Waals surface area (Å²) in [5.41, 5.74) is 7.55. The average molecular weight is 466 g/mol. The predicted molar refractivity (Wildman–Crippen MR) is 134 cm³/mol. The largest absolute Gasteiger partial charge is 0.472 e. The Bertz CT molecular complexity index is 1620. The number of pyridine rings is 2. The summed E-state index contributed by atoms with van der Waals surface area (Å²) in [7, 11) is 0. The highest BCUT2D eigenvalue weighted by molar-refractivity contribution is 5.97. The number of aliphatic hydroxyl groups excluding tert-OH is 1. The van der Waals surface area contributed by atoms with E-state index < -0.39 is 6.23 Å². The van der Waals surface area contributed by atoms with Crippen molar-refractivity contribution in [2.45, 2.75) is 26.0 Å². The number of rotatable bonds is 7. The molecule has 0 aliphatic rings. The van der Waals surface area contributed by atoms with E-state index >= 15 is 0 Å². The van der Waals surface area contributed by atoms with Crippen molar-refractivity contribution in [2.75, 3.05) is 5.32 Å². The average Bonchev–Trinajstić information content (AvgIpc) is 3.63. The van der Waals surface area contributed by atoms with Crippen LogP contribution in [0.1, 0.15) is 19.8 Å². The van der Waals surface area contributed by atoms with E-state index in [4.69, 9.17) is 9.40 Å². The molecule has 6 aromatic rings. The summed E-state index contributed by atoms with van der Waals surface area (Å²) in [6.07, 6.45) is 9.49. The summed E-state index contributed by atoms with van der Waals surface area (Å²) in [6.45, 7) is 2.03. The van der Waals surface area contributed by atoms with Gasteiger partial charge in [-0.25, -0.2) is 4.98 Å². The molecule has 0 bridgehead atoms. The van der Waals surface area contributed by atoms with Gasteiger partial charge in [0.2, 0.25) is 0 Å². The Labute approximate surface area is 200 Å². The van der Waals surface area contributed by atoms with Crippen LogP contribution in [0.4, 0.5) is 5.69 Å². The van der Waals surface area contributed by atoms with E-state index in [-0.39, 0.29) is 0 Å². The topological polar surface area (TPSA) is 129 Å². The number of nitrogens with zero attached hydrogens (tertiary/aromatic N) is 4. The van der Waals surface area contributed by atoms with Crippen LogP contribution in [0.2, 0.25) is 0 Å². The molecular weight excluding hydrogens is 442 g/mol. The molecule has 0 amide bonds. The third-order valence-electron chi connectivity index (χ3n) is 5.95. The first-order valence-corrected chi connectivity index (χ1v) is 11.5. The Morgan fingerprint density at radius 1 is 1.09 bits per heavy atom. The summed E-state index contributed by atoms with van der Waals surface area (Å²) in [5.74, 6) is 0.663. The number of nitrogens with one attached hydrogen (secondary N) is 3. The quantitative estimate of drug-likeness (QED) is 0.234. The molecule has 1 aromatic carbocycles. The first-order valence-electron chi connectivity index (χ1n) is 11.5. The third-order valence-corrected chi connectivity index (χ3v) is 5.95. The molecule has 0 saturated carbocycles. The number of hydrogen-bond donors (Lipinski definition) is 4. The Morgan fingerprint density at radius 3 is 2.89 bits per heavy atom. The SMILES string of the molecule is CCCC(O)Nc1cncc(-c2cc3c(-c4nc5c(-c6ccoc6)cccc5[nH]4)n[nH]c3cn2)c1. The molecule has 1 atom stereocenters. The van der Waals surface area contributed by atoms with Gasteiger partial charge in [0.05, 0.1) is 52.9 Å². The normalized spacial score (nSPS) is 12.4. The minimum Gasteiger partial charge on any atom is -0.472 e. The lowest BCUT2D eigenvalue weighted by molar-refractivity contribution is 0.192. The van der Waals surface area contributed by atoms with Crippen LogP contribution in [0.3, 0.4) is 0 Å². The molecule has 9 nitrogen and oxygen atoms in total. The Kier molecular flexibility index (Phi) is 5.23. The van der Waals surface area contributed by atoms with E-state index in [0.29, 0.717) is 17.9 Å². The molecule has 0 spiro atoms. The van der Waals surface area contributed by atoms with Gasteiger partial charge in [0.25, 0.3) is 0 Å². The monoisotopic (exact) mass is 465 g/mol. The zero-order valence-corrected chi connectivity index (χ0v) is 19.0. The molecule has 174 valence electrons. The van der Waals surface area contributed by atoms with Crippen LogP contribution in [0.5, 0.6) is 0 Å².